The molecule has 0 saturated carbocycles. The highest BCUT2D eigenvalue weighted by Crippen LogP contribution is 2.41. The number of rotatable bonds is 4. The molecule has 0 N–H and O–H groups in total. The van der Waals surface area contributed by atoms with Crippen LogP contribution in [0.2, 0.25) is 0 Å². The summed E-state index contributed by atoms with van der Waals surface area (Å²) in [6, 6.07) is 0. The lowest BCUT2D eigenvalue weighted by atomic mass is 9.70. The summed E-state index contributed by atoms with van der Waals surface area (Å²) in [4.78, 5) is 11.7. The third kappa shape index (κ3) is 2.96. The maximum absolute atomic E-state index is 11.7. The van der Waals surface area contributed by atoms with Crippen molar-refractivity contribution in [3.63, 3.8) is 0 Å². The SMILES string of the molecule is CCC(C)CCC1=C(C)C(=O)CCC1(C)C. The predicted octanol–water partition coefficient (Wildman–Crippen LogP) is 4.52. The van der Waals surface area contributed by atoms with Crippen molar-refractivity contribution in [2.45, 2.75) is 66.7 Å². The Hall–Kier alpha value is -0.590. The van der Waals surface area contributed by atoms with Gasteiger partial charge in [0.25, 0.3) is 0 Å². The Morgan fingerprint density at radius 3 is 2.56 bits per heavy atom. The molecule has 0 radical (unpaired) electrons. The van der Waals surface area contributed by atoms with Crippen molar-refractivity contribution in [1.82, 2.24) is 0 Å². The van der Waals surface area contributed by atoms with Gasteiger partial charge in [0.05, 0.1) is 0 Å². The van der Waals surface area contributed by atoms with Crippen molar-refractivity contribution in [1.29, 1.82) is 0 Å². The third-order valence-corrected chi connectivity index (χ3v) is 4.25. The number of Topliss-reactive ketones (excluding diaryl/α,β-unsaturated/α-hetero) is 1. The van der Waals surface area contributed by atoms with Crippen LogP contribution in [0.25, 0.3) is 0 Å². The highest BCUT2D eigenvalue weighted by Gasteiger charge is 2.31. The summed E-state index contributed by atoms with van der Waals surface area (Å²) in [5, 5.41) is 0. The van der Waals surface area contributed by atoms with Crippen LogP contribution in [0.15, 0.2) is 11.1 Å². The molecule has 0 aliphatic heterocycles. The summed E-state index contributed by atoms with van der Waals surface area (Å²) in [6.45, 7) is 11.1. The molecule has 1 nitrogen and oxygen atoms in total. The van der Waals surface area contributed by atoms with Crippen LogP contribution in [0.1, 0.15) is 66.7 Å². The topological polar surface area (TPSA) is 17.1 Å². The predicted molar refractivity (Wildman–Crippen MR) is 69.4 cm³/mol. The summed E-state index contributed by atoms with van der Waals surface area (Å²) in [6.07, 6.45) is 5.34. The highest BCUT2D eigenvalue weighted by atomic mass is 16.1. The molecule has 92 valence electrons. The van der Waals surface area contributed by atoms with E-state index in [-0.39, 0.29) is 5.41 Å². The molecule has 0 aromatic rings. The van der Waals surface area contributed by atoms with Crippen LogP contribution < -0.4 is 0 Å². The van der Waals surface area contributed by atoms with Crippen LogP contribution in [0.4, 0.5) is 0 Å². The molecule has 0 amide bonds. The van der Waals surface area contributed by atoms with Gasteiger partial charge in [-0.05, 0) is 43.1 Å². The number of hydrogen-bond donors (Lipinski definition) is 0. The molecular formula is C15H26O. The second kappa shape index (κ2) is 5.16. The number of ketones is 1. The van der Waals surface area contributed by atoms with Crippen LogP contribution in [0, 0.1) is 11.3 Å². The van der Waals surface area contributed by atoms with Crippen molar-refractivity contribution in [3.8, 4) is 0 Å². The van der Waals surface area contributed by atoms with Crippen LogP contribution in [-0.4, -0.2) is 5.78 Å². The summed E-state index contributed by atoms with van der Waals surface area (Å²) in [7, 11) is 0. The Bertz CT molecular complexity index is 297. The smallest absolute Gasteiger partial charge is 0.158 e. The molecule has 1 aliphatic rings. The quantitative estimate of drug-likeness (QED) is 0.683. The summed E-state index contributed by atoms with van der Waals surface area (Å²) >= 11 is 0. The van der Waals surface area contributed by atoms with Gasteiger partial charge in [0.15, 0.2) is 5.78 Å². The first-order chi connectivity index (χ1) is 7.38. The lowest BCUT2D eigenvalue weighted by Crippen LogP contribution is -2.25. The number of allylic oxidation sites excluding steroid dienone is 2. The average molecular weight is 222 g/mol. The first-order valence-electron chi connectivity index (χ1n) is 6.62. The fourth-order valence-corrected chi connectivity index (χ4v) is 2.56. The minimum absolute atomic E-state index is 0.242. The molecule has 0 aromatic carbocycles. The molecular weight excluding hydrogens is 196 g/mol. The molecule has 0 heterocycles. The number of hydrogen-bond acceptors (Lipinski definition) is 1. The monoisotopic (exact) mass is 222 g/mol. The lowest BCUT2D eigenvalue weighted by Gasteiger charge is -2.34. The fraction of sp³-hybridized carbons (Fsp3) is 0.800. The van der Waals surface area contributed by atoms with Crippen molar-refractivity contribution < 1.29 is 4.79 Å². The Kier molecular flexibility index (Phi) is 4.35. The van der Waals surface area contributed by atoms with Gasteiger partial charge in [-0.2, -0.15) is 0 Å². The largest absolute Gasteiger partial charge is 0.295 e. The van der Waals surface area contributed by atoms with Gasteiger partial charge in [0.2, 0.25) is 0 Å². The van der Waals surface area contributed by atoms with Gasteiger partial charge in [-0.15, -0.1) is 0 Å². The van der Waals surface area contributed by atoms with E-state index in [0.29, 0.717) is 5.78 Å². The first kappa shape index (κ1) is 13.5. The van der Waals surface area contributed by atoms with Gasteiger partial charge in [-0.1, -0.05) is 39.7 Å². The Morgan fingerprint density at radius 1 is 1.38 bits per heavy atom. The molecule has 0 fully saturated rings. The summed E-state index contributed by atoms with van der Waals surface area (Å²) < 4.78 is 0. The minimum atomic E-state index is 0.242. The number of carbonyl (C=O) groups excluding carboxylic acids is 1. The van der Waals surface area contributed by atoms with Crippen molar-refractivity contribution in [2.75, 3.05) is 0 Å². The molecule has 16 heavy (non-hydrogen) atoms. The average Bonchev–Trinajstić information content (AvgIpc) is 2.23. The van der Waals surface area contributed by atoms with E-state index in [1.807, 2.05) is 6.92 Å². The van der Waals surface area contributed by atoms with Crippen molar-refractivity contribution in [3.05, 3.63) is 11.1 Å². The van der Waals surface area contributed by atoms with E-state index in [1.54, 1.807) is 0 Å². The van der Waals surface area contributed by atoms with Crippen molar-refractivity contribution in [2.24, 2.45) is 11.3 Å². The number of carbonyl (C=O) groups is 1. The minimum Gasteiger partial charge on any atom is -0.295 e. The standard InChI is InChI=1S/C15H26O/c1-6-11(2)7-8-13-12(3)14(16)9-10-15(13,4)5/h11H,6-10H2,1-5H3. The van der Waals surface area contributed by atoms with E-state index in [0.717, 1.165) is 30.8 Å². The molecule has 1 rings (SSSR count). The van der Waals surface area contributed by atoms with Gasteiger partial charge in [-0.25, -0.2) is 0 Å². The van der Waals surface area contributed by atoms with Gasteiger partial charge >= 0.3 is 0 Å². The molecule has 1 unspecified atom stereocenters. The van der Waals surface area contributed by atoms with Gasteiger partial charge in [-0.3, -0.25) is 4.79 Å². The zero-order valence-corrected chi connectivity index (χ0v) is 11.5. The second-order valence-corrected chi connectivity index (χ2v) is 5.96. The van der Waals surface area contributed by atoms with E-state index in [4.69, 9.17) is 0 Å². The maximum atomic E-state index is 11.7. The van der Waals surface area contributed by atoms with Gasteiger partial charge in [0, 0.05) is 6.42 Å². The van der Waals surface area contributed by atoms with Gasteiger partial charge < -0.3 is 0 Å². The Balaban J connectivity index is 2.80. The maximum Gasteiger partial charge on any atom is 0.158 e. The Labute approximate surface area is 100 Å². The molecule has 0 saturated heterocycles. The molecule has 0 spiro atoms. The van der Waals surface area contributed by atoms with E-state index in [9.17, 15) is 4.79 Å². The van der Waals surface area contributed by atoms with Gasteiger partial charge in [0.1, 0.15) is 0 Å². The lowest BCUT2D eigenvalue weighted by molar-refractivity contribution is -0.116. The fourth-order valence-electron chi connectivity index (χ4n) is 2.56. The van der Waals surface area contributed by atoms with Crippen LogP contribution in [0.3, 0.4) is 0 Å². The third-order valence-electron chi connectivity index (χ3n) is 4.25. The van der Waals surface area contributed by atoms with E-state index in [2.05, 4.69) is 27.7 Å². The summed E-state index contributed by atoms with van der Waals surface area (Å²) in [5.41, 5.74) is 2.72. The zero-order chi connectivity index (χ0) is 12.3. The highest BCUT2D eigenvalue weighted by molar-refractivity contribution is 5.96. The molecule has 0 bridgehead atoms. The first-order valence-corrected chi connectivity index (χ1v) is 6.62. The van der Waals surface area contributed by atoms with Crippen LogP contribution in [-0.2, 0) is 4.79 Å². The molecule has 0 aromatic heterocycles. The second-order valence-electron chi connectivity index (χ2n) is 5.96. The van der Waals surface area contributed by atoms with Crippen molar-refractivity contribution >= 4 is 5.78 Å². The summed E-state index contributed by atoms with van der Waals surface area (Å²) in [5.74, 6) is 1.15. The zero-order valence-electron chi connectivity index (χ0n) is 11.5. The normalized spacial score (nSPS) is 22.4. The van der Waals surface area contributed by atoms with E-state index >= 15 is 0 Å². The van der Waals surface area contributed by atoms with Crippen LogP contribution >= 0.6 is 0 Å². The molecule has 1 atom stereocenters. The Morgan fingerprint density at radius 2 is 2.00 bits per heavy atom. The molecule has 1 aliphatic carbocycles. The van der Waals surface area contributed by atoms with E-state index in [1.165, 1.54) is 18.4 Å². The molecule has 1 heteroatoms. The van der Waals surface area contributed by atoms with E-state index < -0.39 is 0 Å². The van der Waals surface area contributed by atoms with Crippen LogP contribution in [0.5, 0.6) is 0 Å².